The van der Waals surface area contributed by atoms with Crippen LogP contribution in [-0.4, -0.2) is 54.6 Å². The first-order valence-corrected chi connectivity index (χ1v) is 9.63. The molecule has 0 aromatic heterocycles. The molecule has 3 rings (SSSR count). The van der Waals surface area contributed by atoms with Gasteiger partial charge in [0.2, 0.25) is 0 Å². The summed E-state index contributed by atoms with van der Waals surface area (Å²) in [5, 5.41) is 3.27. The highest BCUT2D eigenvalue weighted by Crippen LogP contribution is 2.17. The van der Waals surface area contributed by atoms with E-state index < -0.39 is 0 Å². The van der Waals surface area contributed by atoms with Crippen molar-refractivity contribution in [3.63, 3.8) is 0 Å². The molecule has 1 aromatic carbocycles. The Morgan fingerprint density at radius 2 is 1.62 bits per heavy atom. The van der Waals surface area contributed by atoms with Crippen molar-refractivity contribution in [3.8, 4) is 0 Å². The van der Waals surface area contributed by atoms with Crippen LogP contribution >= 0.6 is 0 Å². The van der Waals surface area contributed by atoms with Crippen LogP contribution in [0.3, 0.4) is 0 Å². The number of hydrogen-bond acceptors (Lipinski definition) is 2. The normalized spacial score (nSPS) is 20.6. The van der Waals surface area contributed by atoms with E-state index in [0.29, 0.717) is 6.04 Å². The monoisotopic (exact) mass is 329 g/mol. The summed E-state index contributed by atoms with van der Waals surface area (Å²) in [5.74, 6) is 0. The fraction of sp³-hybridized carbons (Fsp3) is 0.650. The number of carbonyl (C=O) groups excluding carboxylic acids is 1. The maximum absolute atomic E-state index is 12.5. The van der Waals surface area contributed by atoms with Gasteiger partial charge in [-0.1, -0.05) is 56.0 Å². The van der Waals surface area contributed by atoms with E-state index in [0.717, 1.165) is 52.0 Å². The Bertz CT molecular complexity index is 489. The minimum absolute atomic E-state index is 0.157. The molecule has 1 N–H and O–H groups in total. The number of nitrogens with one attached hydrogen (secondary N) is 1. The molecular weight excluding hydrogens is 298 g/mol. The standard InChI is InChI=1S/C20H31N3O/c24-20(21-19-10-6-1-2-7-11-19)23-16-14-22(15-17-23)13-12-18-8-4-3-5-9-18/h3-5,8-9,19H,1-2,6-7,10-17H2,(H,21,24). The van der Waals surface area contributed by atoms with Crippen molar-refractivity contribution in [1.82, 2.24) is 15.1 Å². The molecule has 1 saturated carbocycles. The molecule has 0 radical (unpaired) electrons. The summed E-state index contributed by atoms with van der Waals surface area (Å²) in [6.45, 7) is 4.78. The van der Waals surface area contributed by atoms with Gasteiger partial charge in [0, 0.05) is 38.8 Å². The zero-order valence-corrected chi connectivity index (χ0v) is 14.8. The van der Waals surface area contributed by atoms with Crippen LogP contribution in [0.2, 0.25) is 0 Å². The van der Waals surface area contributed by atoms with Crippen molar-refractivity contribution >= 4 is 6.03 Å². The van der Waals surface area contributed by atoms with E-state index in [1.165, 1.54) is 31.2 Å². The van der Waals surface area contributed by atoms with Gasteiger partial charge < -0.3 is 10.2 Å². The topological polar surface area (TPSA) is 35.6 Å². The summed E-state index contributed by atoms with van der Waals surface area (Å²) in [7, 11) is 0. The van der Waals surface area contributed by atoms with E-state index in [9.17, 15) is 4.79 Å². The molecule has 0 spiro atoms. The third-order valence-electron chi connectivity index (χ3n) is 5.40. The van der Waals surface area contributed by atoms with Gasteiger partial charge >= 0.3 is 6.03 Å². The molecule has 0 unspecified atom stereocenters. The molecule has 2 amide bonds. The van der Waals surface area contributed by atoms with Gasteiger partial charge in [0.05, 0.1) is 0 Å². The summed E-state index contributed by atoms with van der Waals surface area (Å²) in [5.41, 5.74) is 1.39. The lowest BCUT2D eigenvalue weighted by Gasteiger charge is -2.35. The van der Waals surface area contributed by atoms with Crippen LogP contribution in [0, 0.1) is 0 Å². The van der Waals surface area contributed by atoms with Crippen LogP contribution in [0.4, 0.5) is 4.79 Å². The largest absolute Gasteiger partial charge is 0.335 e. The second-order valence-electron chi connectivity index (χ2n) is 7.20. The molecule has 1 aliphatic heterocycles. The summed E-state index contributed by atoms with van der Waals surface area (Å²) >= 11 is 0. The zero-order chi connectivity index (χ0) is 16.6. The van der Waals surface area contributed by atoms with Crippen LogP contribution in [0.15, 0.2) is 30.3 Å². The van der Waals surface area contributed by atoms with Gasteiger partial charge in [0.1, 0.15) is 0 Å². The number of rotatable bonds is 4. The molecule has 1 aliphatic carbocycles. The van der Waals surface area contributed by atoms with E-state index in [4.69, 9.17) is 0 Å². The maximum Gasteiger partial charge on any atom is 0.317 e. The first-order valence-electron chi connectivity index (χ1n) is 9.63. The molecule has 4 heteroatoms. The summed E-state index contributed by atoms with van der Waals surface area (Å²) in [4.78, 5) is 16.9. The van der Waals surface area contributed by atoms with Crippen molar-refractivity contribution < 1.29 is 4.79 Å². The fourth-order valence-corrected chi connectivity index (χ4v) is 3.80. The summed E-state index contributed by atoms with van der Waals surface area (Å²) < 4.78 is 0. The van der Waals surface area contributed by atoms with Crippen molar-refractivity contribution in [3.05, 3.63) is 35.9 Å². The number of urea groups is 1. The zero-order valence-electron chi connectivity index (χ0n) is 14.8. The second kappa shape index (κ2) is 9.07. The van der Waals surface area contributed by atoms with E-state index in [1.54, 1.807) is 0 Å². The highest BCUT2D eigenvalue weighted by molar-refractivity contribution is 5.74. The minimum atomic E-state index is 0.157. The van der Waals surface area contributed by atoms with Crippen molar-refractivity contribution in [2.45, 2.75) is 51.0 Å². The van der Waals surface area contributed by atoms with Gasteiger partial charge in [-0.05, 0) is 24.8 Å². The molecule has 24 heavy (non-hydrogen) atoms. The molecule has 2 fully saturated rings. The Morgan fingerprint density at radius 1 is 0.958 bits per heavy atom. The second-order valence-corrected chi connectivity index (χ2v) is 7.20. The first-order chi connectivity index (χ1) is 11.8. The van der Waals surface area contributed by atoms with E-state index >= 15 is 0 Å². The van der Waals surface area contributed by atoms with Crippen LogP contribution in [0.5, 0.6) is 0 Å². The van der Waals surface area contributed by atoms with E-state index in [-0.39, 0.29) is 6.03 Å². The van der Waals surface area contributed by atoms with Gasteiger partial charge in [-0.25, -0.2) is 4.79 Å². The summed E-state index contributed by atoms with van der Waals surface area (Å²) in [6, 6.07) is 11.2. The predicted octanol–water partition coefficient (Wildman–Crippen LogP) is 3.28. The Morgan fingerprint density at radius 3 is 2.29 bits per heavy atom. The smallest absolute Gasteiger partial charge is 0.317 e. The van der Waals surface area contributed by atoms with Gasteiger partial charge in [0.25, 0.3) is 0 Å². The molecule has 132 valence electrons. The van der Waals surface area contributed by atoms with Crippen LogP contribution < -0.4 is 5.32 Å². The van der Waals surface area contributed by atoms with Gasteiger partial charge in [-0.3, -0.25) is 4.90 Å². The third-order valence-corrected chi connectivity index (χ3v) is 5.40. The van der Waals surface area contributed by atoms with Gasteiger partial charge in [-0.2, -0.15) is 0 Å². The SMILES string of the molecule is O=C(NC1CCCCCC1)N1CCN(CCc2ccccc2)CC1. The number of carbonyl (C=O) groups is 1. The highest BCUT2D eigenvalue weighted by Gasteiger charge is 2.23. The molecule has 1 saturated heterocycles. The molecule has 1 heterocycles. The quantitative estimate of drug-likeness (QED) is 0.861. The van der Waals surface area contributed by atoms with Gasteiger partial charge in [0.15, 0.2) is 0 Å². The first kappa shape index (κ1) is 17.3. The number of hydrogen-bond donors (Lipinski definition) is 1. The molecule has 0 bridgehead atoms. The average Bonchev–Trinajstić information content (AvgIpc) is 2.90. The van der Waals surface area contributed by atoms with E-state index in [2.05, 4.69) is 40.5 Å². The van der Waals surface area contributed by atoms with E-state index in [1.807, 2.05) is 4.90 Å². The van der Waals surface area contributed by atoms with Crippen LogP contribution in [0.25, 0.3) is 0 Å². The number of amides is 2. The number of piperazine rings is 1. The Labute approximate surface area is 146 Å². The van der Waals surface area contributed by atoms with Crippen molar-refractivity contribution in [2.75, 3.05) is 32.7 Å². The Kier molecular flexibility index (Phi) is 6.53. The number of nitrogens with zero attached hydrogens (tertiary/aromatic N) is 2. The Balaban J connectivity index is 1.37. The lowest BCUT2D eigenvalue weighted by atomic mass is 10.1. The Hall–Kier alpha value is -1.55. The highest BCUT2D eigenvalue weighted by atomic mass is 16.2. The van der Waals surface area contributed by atoms with Crippen LogP contribution in [0.1, 0.15) is 44.1 Å². The minimum Gasteiger partial charge on any atom is -0.335 e. The predicted molar refractivity (Wildman–Crippen MR) is 98.2 cm³/mol. The fourth-order valence-electron chi connectivity index (χ4n) is 3.80. The lowest BCUT2D eigenvalue weighted by molar-refractivity contribution is 0.137. The molecule has 2 aliphatic rings. The molecule has 0 atom stereocenters. The molecule has 1 aromatic rings. The third kappa shape index (κ3) is 5.23. The lowest BCUT2D eigenvalue weighted by Crippen LogP contribution is -2.53. The summed E-state index contributed by atoms with van der Waals surface area (Å²) in [6.07, 6.45) is 8.58. The molecular formula is C20H31N3O. The van der Waals surface area contributed by atoms with Crippen molar-refractivity contribution in [1.29, 1.82) is 0 Å². The maximum atomic E-state index is 12.5. The average molecular weight is 329 g/mol. The number of benzene rings is 1. The van der Waals surface area contributed by atoms with Crippen LogP contribution in [-0.2, 0) is 6.42 Å². The van der Waals surface area contributed by atoms with Gasteiger partial charge in [-0.15, -0.1) is 0 Å². The van der Waals surface area contributed by atoms with Crippen molar-refractivity contribution in [2.24, 2.45) is 0 Å². The molecule has 4 nitrogen and oxygen atoms in total.